The standard InChI is InChI=1S/C26H22ClFN4O3/c27-18-5-9-21(10-6-18)32-23(24-2-1-15-35-24)16-22(30-32)26(34)31-13-11-20(12-14-31)29-25(33)17-3-7-19(28)8-4-17/h1-10,15-16,20H,11-14H2,(H,29,33). The van der Waals surface area contributed by atoms with E-state index < -0.39 is 0 Å². The van der Waals surface area contributed by atoms with Crippen LogP contribution in [0.4, 0.5) is 4.39 Å². The summed E-state index contributed by atoms with van der Waals surface area (Å²) in [4.78, 5) is 27.4. The van der Waals surface area contributed by atoms with Crippen molar-refractivity contribution < 1.29 is 18.4 Å². The van der Waals surface area contributed by atoms with Gasteiger partial charge in [0.25, 0.3) is 11.8 Å². The van der Waals surface area contributed by atoms with Crippen LogP contribution >= 0.6 is 11.6 Å². The topological polar surface area (TPSA) is 80.4 Å². The van der Waals surface area contributed by atoms with E-state index in [4.69, 9.17) is 16.0 Å². The van der Waals surface area contributed by atoms with E-state index in [2.05, 4.69) is 10.4 Å². The van der Waals surface area contributed by atoms with Crippen LogP contribution in [0, 0.1) is 5.82 Å². The molecule has 7 nitrogen and oxygen atoms in total. The van der Waals surface area contributed by atoms with Gasteiger partial charge in [0.05, 0.1) is 12.0 Å². The molecule has 1 aliphatic heterocycles. The van der Waals surface area contributed by atoms with Gasteiger partial charge in [-0.1, -0.05) is 11.6 Å². The Kier molecular flexibility index (Phi) is 6.37. The number of hydrogen-bond donors (Lipinski definition) is 1. The number of aromatic nitrogens is 2. The summed E-state index contributed by atoms with van der Waals surface area (Å²) in [5, 5.41) is 8.15. The Hall–Kier alpha value is -3.91. The number of carbonyl (C=O) groups is 2. The van der Waals surface area contributed by atoms with Crippen LogP contribution in [0.1, 0.15) is 33.7 Å². The molecule has 0 atom stereocenters. The third kappa shape index (κ3) is 4.97. The van der Waals surface area contributed by atoms with Gasteiger partial charge in [-0.2, -0.15) is 5.10 Å². The van der Waals surface area contributed by atoms with Crippen molar-refractivity contribution in [2.75, 3.05) is 13.1 Å². The van der Waals surface area contributed by atoms with Gasteiger partial charge < -0.3 is 14.6 Å². The second-order valence-corrected chi connectivity index (χ2v) is 8.76. The Morgan fingerprint density at radius 1 is 1.03 bits per heavy atom. The van der Waals surface area contributed by atoms with Crippen molar-refractivity contribution in [2.45, 2.75) is 18.9 Å². The van der Waals surface area contributed by atoms with Gasteiger partial charge in [-0.25, -0.2) is 9.07 Å². The van der Waals surface area contributed by atoms with Gasteiger partial charge in [0.2, 0.25) is 0 Å². The molecule has 0 unspecified atom stereocenters. The number of rotatable bonds is 5. The van der Waals surface area contributed by atoms with Crippen LogP contribution < -0.4 is 5.32 Å². The predicted octanol–water partition coefficient (Wildman–Crippen LogP) is 4.96. The van der Waals surface area contributed by atoms with E-state index in [0.29, 0.717) is 53.7 Å². The molecule has 1 N–H and O–H groups in total. The SMILES string of the molecule is O=C(NC1CCN(C(=O)c2cc(-c3ccco3)n(-c3ccc(Cl)cc3)n2)CC1)c1ccc(F)cc1. The van der Waals surface area contributed by atoms with E-state index in [1.54, 1.807) is 40.1 Å². The van der Waals surface area contributed by atoms with E-state index in [-0.39, 0.29) is 23.7 Å². The summed E-state index contributed by atoms with van der Waals surface area (Å²) in [6.45, 7) is 0.966. The second-order valence-electron chi connectivity index (χ2n) is 8.33. The van der Waals surface area contributed by atoms with E-state index in [9.17, 15) is 14.0 Å². The largest absolute Gasteiger partial charge is 0.463 e. The number of likely N-dealkylation sites (tertiary alicyclic amines) is 1. The highest BCUT2D eigenvalue weighted by Crippen LogP contribution is 2.26. The Bertz CT molecular complexity index is 1330. The number of carbonyl (C=O) groups excluding carboxylic acids is 2. The highest BCUT2D eigenvalue weighted by Gasteiger charge is 2.27. The molecule has 0 spiro atoms. The molecule has 1 fully saturated rings. The first-order valence-electron chi connectivity index (χ1n) is 11.2. The van der Waals surface area contributed by atoms with Crippen molar-refractivity contribution in [3.8, 4) is 17.1 Å². The minimum Gasteiger partial charge on any atom is -0.463 e. The van der Waals surface area contributed by atoms with Crippen molar-refractivity contribution in [1.82, 2.24) is 20.0 Å². The van der Waals surface area contributed by atoms with Crippen LogP contribution in [0.25, 0.3) is 17.1 Å². The van der Waals surface area contributed by atoms with Crippen LogP contribution in [0.2, 0.25) is 5.02 Å². The maximum absolute atomic E-state index is 13.3. The Balaban J connectivity index is 1.28. The molecule has 4 aromatic rings. The molecule has 2 amide bonds. The maximum Gasteiger partial charge on any atom is 0.274 e. The molecule has 3 heterocycles. The normalized spacial score (nSPS) is 14.2. The molecular formula is C26H22ClFN4O3. The van der Waals surface area contributed by atoms with Crippen LogP contribution in [0.15, 0.2) is 77.4 Å². The molecule has 178 valence electrons. The van der Waals surface area contributed by atoms with Gasteiger partial charge >= 0.3 is 0 Å². The number of furan rings is 1. The number of halogens is 2. The number of piperidine rings is 1. The molecule has 0 radical (unpaired) electrons. The Morgan fingerprint density at radius 2 is 1.74 bits per heavy atom. The molecule has 35 heavy (non-hydrogen) atoms. The molecule has 0 bridgehead atoms. The number of amides is 2. The minimum absolute atomic E-state index is 0.0677. The lowest BCUT2D eigenvalue weighted by atomic mass is 10.0. The highest BCUT2D eigenvalue weighted by atomic mass is 35.5. The number of benzene rings is 2. The summed E-state index contributed by atoms with van der Waals surface area (Å²) in [5.74, 6) is -0.232. The van der Waals surface area contributed by atoms with Crippen LogP contribution in [0.5, 0.6) is 0 Å². The van der Waals surface area contributed by atoms with E-state index >= 15 is 0 Å². The molecule has 5 rings (SSSR count). The fraction of sp³-hybridized carbons (Fsp3) is 0.192. The third-order valence-electron chi connectivity index (χ3n) is 6.00. The fourth-order valence-corrected chi connectivity index (χ4v) is 4.25. The summed E-state index contributed by atoms with van der Waals surface area (Å²) >= 11 is 6.03. The van der Waals surface area contributed by atoms with E-state index in [0.717, 1.165) is 5.69 Å². The van der Waals surface area contributed by atoms with Crippen LogP contribution in [0.3, 0.4) is 0 Å². The molecule has 9 heteroatoms. The zero-order chi connectivity index (χ0) is 24.4. The first-order valence-corrected chi connectivity index (χ1v) is 11.6. The quantitative estimate of drug-likeness (QED) is 0.427. The average Bonchev–Trinajstić information content (AvgIpc) is 3.55. The Morgan fingerprint density at radius 3 is 2.40 bits per heavy atom. The fourth-order valence-electron chi connectivity index (χ4n) is 4.12. The summed E-state index contributed by atoms with van der Waals surface area (Å²) in [5.41, 5.74) is 2.12. The lowest BCUT2D eigenvalue weighted by Gasteiger charge is -2.32. The monoisotopic (exact) mass is 492 g/mol. The third-order valence-corrected chi connectivity index (χ3v) is 6.25. The van der Waals surface area contributed by atoms with Crippen LogP contribution in [-0.4, -0.2) is 45.6 Å². The number of nitrogens with one attached hydrogen (secondary N) is 1. The van der Waals surface area contributed by atoms with Gasteiger partial charge in [-0.15, -0.1) is 0 Å². The summed E-state index contributed by atoms with van der Waals surface area (Å²) < 4.78 is 20.3. The molecule has 0 saturated carbocycles. The second kappa shape index (κ2) is 9.76. The summed E-state index contributed by atoms with van der Waals surface area (Å²) in [7, 11) is 0. The number of nitrogens with zero attached hydrogens (tertiary/aromatic N) is 3. The minimum atomic E-state index is -0.387. The van der Waals surface area contributed by atoms with Gasteiger partial charge in [0.1, 0.15) is 11.5 Å². The zero-order valence-corrected chi connectivity index (χ0v) is 19.4. The molecule has 2 aromatic carbocycles. The first-order chi connectivity index (χ1) is 17.0. The van der Waals surface area contributed by atoms with Crippen molar-refractivity contribution in [2.24, 2.45) is 0 Å². The molecule has 1 aliphatic rings. The number of hydrogen-bond acceptors (Lipinski definition) is 4. The smallest absolute Gasteiger partial charge is 0.274 e. The van der Waals surface area contributed by atoms with Gasteiger partial charge in [-0.3, -0.25) is 9.59 Å². The lowest BCUT2D eigenvalue weighted by Crippen LogP contribution is -2.46. The van der Waals surface area contributed by atoms with Gasteiger partial charge in [0.15, 0.2) is 11.5 Å². The molecule has 0 aliphatic carbocycles. The molecular weight excluding hydrogens is 471 g/mol. The lowest BCUT2D eigenvalue weighted by molar-refractivity contribution is 0.0692. The van der Waals surface area contributed by atoms with Crippen molar-refractivity contribution in [3.63, 3.8) is 0 Å². The molecule has 1 saturated heterocycles. The molecule has 2 aromatic heterocycles. The van der Waals surface area contributed by atoms with Gasteiger partial charge in [-0.05, 0) is 73.5 Å². The maximum atomic E-state index is 13.3. The van der Waals surface area contributed by atoms with Crippen molar-refractivity contribution >= 4 is 23.4 Å². The average molecular weight is 493 g/mol. The first kappa shape index (κ1) is 22.9. The van der Waals surface area contributed by atoms with E-state index in [1.807, 2.05) is 18.2 Å². The summed E-state index contributed by atoms with van der Waals surface area (Å²) in [6.07, 6.45) is 2.80. The summed E-state index contributed by atoms with van der Waals surface area (Å²) in [6, 6.07) is 17.8. The van der Waals surface area contributed by atoms with Crippen molar-refractivity contribution in [1.29, 1.82) is 0 Å². The zero-order valence-electron chi connectivity index (χ0n) is 18.7. The van der Waals surface area contributed by atoms with Crippen molar-refractivity contribution in [3.05, 3.63) is 95.1 Å². The van der Waals surface area contributed by atoms with Crippen LogP contribution in [-0.2, 0) is 0 Å². The van der Waals surface area contributed by atoms with Gasteiger partial charge in [0, 0.05) is 35.8 Å². The Labute approximate surface area is 206 Å². The highest BCUT2D eigenvalue weighted by molar-refractivity contribution is 6.30. The van der Waals surface area contributed by atoms with E-state index in [1.165, 1.54) is 24.3 Å². The predicted molar refractivity (Wildman–Crippen MR) is 129 cm³/mol.